The molecule has 0 atom stereocenters. The first-order chi connectivity index (χ1) is 9.29. The van der Waals surface area contributed by atoms with E-state index in [1.807, 2.05) is 24.3 Å². The highest BCUT2D eigenvalue weighted by Crippen LogP contribution is 2.22. The van der Waals surface area contributed by atoms with E-state index in [9.17, 15) is 4.79 Å². The highest BCUT2D eigenvalue weighted by Gasteiger charge is 2.19. The highest BCUT2D eigenvalue weighted by atomic mass is 16.5. The van der Waals surface area contributed by atoms with Crippen molar-refractivity contribution >= 4 is 11.7 Å². The molecule has 1 aromatic rings. The Labute approximate surface area is 113 Å². The predicted octanol–water partition coefficient (Wildman–Crippen LogP) is 1.96. The zero-order chi connectivity index (χ0) is 13.5. The van der Waals surface area contributed by atoms with Crippen LogP contribution in [0.5, 0.6) is 5.75 Å². The largest absolute Gasteiger partial charge is 0.495 e. The number of amides is 2. The molecule has 1 aliphatic carbocycles. The molecule has 0 spiro atoms. The molecular formula is C14H21N3O2. The van der Waals surface area contributed by atoms with Crippen LogP contribution < -0.4 is 20.7 Å². The number of rotatable bonds is 7. The minimum atomic E-state index is -0.198. The molecule has 1 aromatic carbocycles. The van der Waals surface area contributed by atoms with Gasteiger partial charge in [0.05, 0.1) is 12.8 Å². The summed E-state index contributed by atoms with van der Waals surface area (Å²) in [6.07, 6.45) is 3.53. The third kappa shape index (κ3) is 4.79. The lowest BCUT2D eigenvalue weighted by atomic mass is 10.3. The summed E-state index contributed by atoms with van der Waals surface area (Å²) in [6.45, 7) is 1.63. The van der Waals surface area contributed by atoms with Crippen molar-refractivity contribution in [3.05, 3.63) is 24.3 Å². The van der Waals surface area contributed by atoms with Gasteiger partial charge in [-0.1, -0.05) is 12.1 Å². The van der Waals surface area contributed by atoms with Crippen LogP contribution in [0.1, 0.15) is 19.3 Å². The fourth-order valence-corrected chi connectivity index (χ4v) is 1.80. The molecule has 104 valence electrons. The zero-order valence-corrected chi connectivity index (χ0v) is 11.2. The van der Waals surface area contributed by atoms with Crippen molar-refractivity contribution in [1.29, 1.82) is 0 Å². The van der Waals surface area contributed by atoms with Crippen molar-refractivity contribution in [2.24, 2.45) is 0 Å². The van der Waals surface area contributed by atoms with Crippen LogP contribution in [0.3, 0.4) is 0 Å². The molecule has 1 fully saturated rings. The molecule has 0 radical (unpaired) electrons. The van der Waals surface area contributed by atoms with Crippen LogP contribution in [0.25, 0.3) is 0 Å². The van der Waals surface area contributed by atoms with E-state index in [1.54, 1.807) is 7.11 Å². The van der Waals surface area contributed by atoms with Crippen LogP contribution in [0.4, 0.5) is 10.5 Å². The number of hydrogen-bond acceptors (Lipinski definition) is 3. The van der Waals surface area contributed by atoms with Gasteiger partial charge in [-0.25, -0.2) is 4.79 Å². The molecule has 1 saturated carbocycles. The summed E-state index contributed by atoms with van der Waals surface area (Å²) in [5.41, 5.74) is 0.679. The smallest absolute Gasteiger partial charge is 0.319 e. The summed E-state index contributed by atoms with van der Waals surface area (Å²) >= 11 is 0. The van der Waals surface area contributed by atoms with Crippen molar-refractivity contribution in [1.82, 2.24) is 10.6 Å². The molecule has 0 aliphatic heterocycles. The molecule has 0 bridgehead atoms. The first kappa shape index (κ1) is 13.7. The fraction of sp³-hybridized carbons (Fsp3) is 0.500. The Morgan fingerprint density at radius 1 is 1.32 bits per heavy atom. The summed E-state index contributed by atoms with van der Waals surface area (Å²) in [5, 5.41) is 9.02. The molecule has 0 saturated heterocycles. The number of carbonyl (C=O) groups excluding carboxylic acids is 1. The summed E-state index contributed by atoms with van der Waals surface area (Å²) in [5.74, 6) is 0.660. The van der Waals surface area contributed by atoms with Gasteiger partial charge in [0.15, 0.2) is 0 Å². The van der Waals surface area contributed by atoms with E-state index in [1.165, 1.54) is 12.8 Å². The average molecular weight is 263 g/mol. The Kier molecular flexibility index (Phi) is 5.03. The molecule has 5 nitrogen and oxygen atoms in total. The summed E-state index contributed by atoms with van der Waals surface area (Å²) in [6, 6.07) is 7.88. The number of ether oxygens (including phenoxy) is 1. The van der Waals surface area contributed by atoms with Gasteiger partial charge < -0.3 is 20.7 Å². The van der Waals surface area contributed by atoms with Gasteiger partial charge in [-0.3, -0.25) is 0 Å². The molecule has 3 N–H and O–H groups in total. The number of hydrogen-bond donors (Lipinski definition) is 3. The van der Waals surface area contributed by atoms with Crippen LogP contribution in [0.2, 0.25) is 0 Å². The lowest BCUT2D eigenvalue weighted by molar-refractivity contribution is 0.252. The van der Waals surface area contributed by atoms with Crippen LogP contribution >= 0.6 is 0 Å². The Bertz CT molecular complexity index is 419. The van der Waals surface area contributed by atoms with Crippen molar-refractivity contribution in [2.45, 2.75) is 25.3 Å². The van der Waals surface area contributed by atoms with Gasteiger partial charge in [-0.05, 0) is 37.9 Å². The number of benzene rings is 1. The Hall–Kier alpha value is -1.75. The zero-order valence-electron chi connectivity index (χ0n) is 11.2. The van der Waals surface area contributed by atoms with Gasteiger partial charge in [-0.15, -0.1) is 0 Å². The lowest BCUT2D eigenvalue weighted by Crippen LogP contribution is -2.31. The quantitative estimate of drug-likeness (QED) is 0.659. The maximum Gasteiger partial charge on any atom is 0.319 e. The Morgan fingerprint density at radius 3 is 2.84 bits per heavy atom. The minimum Gasteiger partial charge on any atom is -0.495 e. The summed E-state index contributed by atoms with van der Waals surface area (Å²) in [4.78, 5) is 11.7. The van der Waals surface area contributed by atoms with Crippen molar-refractivity contribution in [2.75, 3.05) is 25.5 Å². The molecule has 1 aliphatic rings. The molecule has 0 heterocycles. The summed E-state index contributed by atoms with van der Waals surface area (Å²) < 4.78 is 5.17. The number of urea groups is 1. The average Bonchev–Trinajstić information content (AvgIpc) is 3.23. The van der Waals surface area contributed by atoms with Crippen LogP contribution in [-0.4, -0.2) is 32.3 Å². The van der Waals surface area contributed by atoms with Gasteiger partial charge in [0, 0.05) is 12.6 Å². The maximum absolute atomic E-state index is 11.7. The van der Waals surface area contributed by atoms with Gasteiger partial charge in [0.2, 0.25) is 0 Å². The Balaban J connectivity index is 1.65. The molecule has 2 amide bonds. The predicted molar refractivity (Wildman–Crippen MR) is 75.7 cm³/mol. The second-order valence-electron chi connectivity index (χ2n) is 4.66. The number of para-hydroxylation sites is 2. The minimum absolute atomic E-state index is 0.198. The van der Waals surface area contributed by atoms with E-state index in [-0.39, 0.29) is 6.03 Å². The van der Waals surface area contributed by atoms with E-state index in [4.69, 9.17) is 4.74 Å². The van der Waals surface area contributed by atoms with E-state index in [0.29, 0.717) is 18.0 Å². The van der Waals surface area contributed by atoms with Crippen molar-refractivity contribution in [3.8, 4) is 5.75 Å². The van der Waals surface area contributed by atoms with Crippen molar-refractivity contribution in [3.63, 3.8) is 0 Å². The van der Waals surface area contributed by atoms with E-state index in [0.717, 1.165) is 19.0 Å². The Morgan fingerprint density at radius 2 is 2.11 bits per heavy atom. The van der Waals surface area contributed by atoms with E-state index >= 15 is 0 Å². The van der Waals surface area contributed by atoms with E-state index < -0.39 is 0 Å². The number of nitrogens with one attached hydrogen (secondary N) is 3. The maximum atomic E-state index is 11.7. The topological polar surface area (TPSA) is 62.4 Å². The molecular weight excluding hydrogens is 242 g/mol. The molecule has 0 aromatic heterocycles. The normalized spacial score (nSPS) is 13.9. The fourth-order valence-electron chi connectivity index (χ4n) is 1.80. The second kappa shape index (κ2) is 6.99. The third-order valence-electron chi connectivity index (χ3n) is 3.00. The summed E-state index contributed by atoms with van der Waals surface area (Å²) in [7, 11) is 1.59. The third-order valence-corrected chi connectivity index (χ3v) is 3.00. The molecule has 2 rings (SSSR count). The first-order valence-corrected chi connectivity index (χ1v) is 6.71. The van der Waals surface area contributed by atoms with Crippen LogP contribution in [0.15, 0.2) is 24.3 Å². The monoisotopic (exact) mass is 263 g/mol. The standard InChI is InChI=1S/C14H21N3O2/c1-19-13-6-3-2-5-12(13)17-14(18)16-10-4-9-15-11-7-8-11/h2-3,5-6,11,15H,4,7-10H2,1H3,(H2,16,17,18). The first-order valence-electron chi connectivity index (χ1n) is 6.71. The number of methoxy groups -OCH3 is 1. The molecule has 5 heteroatoms. The molecule has 0 unspecified atom stereocenters. The van der Waals surface area contributed by atoms with Crippen molar-refractivity contribution < 1.29 is 9.53 Å². The highest BCUT2D eigenvalue weighted by molar-refractivity contribution is 5.90. The van der Waals surface area contributed by atoms with Gasteiger partial charge in [0.1, 0.15) is 5.75 Å². The van der Waals surface area contributed by atoms with Crippen LogP contribution in [0, 0.1) is 0 Å². The van der Waals surface area contributed by atoms with Gasteiger partial charge in [0.25, 0.3) is 0 Å². The van der Waals surface area contributed by atoms with Crippen LogP contribution in [-0.2, 0) is 0 Å². The van der Waals surface area contributed by atoms with E-state index in [2.05, 4.69) is 16.0 Å². The second-order valence-corrected chi connectivity index (χ2v) is 4.66. The number of carbonyl (C=O) groups is 1. The SMILES string of the molecule is COc1ccccc1NC(=O)NCCCNC1CC1. The number of anilines is 1. The lowest BCUT2D eigenvalue weighted by Gasteiger charge is -2.11. The van der Waals surface area contributed by atoms with Gasteiger partial charge >= 0.3 is 6.03 Å². The van der Waals surface area contributed by atoms with Gasteiger partial charge in [-0.2, -0.15) is 0 Å². The molecule has 19 heavy (non-hydrogen) atoms.